The molecule has 0 aliphatic heterocycles. The van der Waals surface area contributed by atoms with Gasteiger partial charge in [0.15, 0.2) is 5.75 Å². The van der Waals surface area contributed by atoms with Gasteiger partial charge in [0, 0.05) is 0 Å². The summed E-state index contributed by atoms with van der Waals surface area (Å²) in [6, 6.07) is 5.31. The Labute approximate surface area is 104 Å². The highest BCUT2D eigenvalue weighted by atomic mass is 16.5. The maximum atomic E-state index is 7.58. The topological polar surface area (TPSA) is 103 Å². The van der Waals surface area contributed by atoms with Crippen LogP contribution in [0.4, 0.5) is 0 Å². The van der Waals surface area contributed by atoms with Gasteiger partial charge in [-0.25, -0.2) is 0 Å². The predicted octanol–water partition coefficient (Wildman–Crippen LogP) is 0.734. The Morgan fingerprint density at radius 3 is 2.78 bits per heavy atom. The van der Waals surface area contributed by atoms with Crippen LogP contribution in [0.2, 0.25) is 0 Å². The van der Waals surface area contributed by atoms with Gasteiger partial charge < -0.3 is 10.5 Å². The van der Waals surface area contributed by atoms with Crippen molar-refractivity contribution in [1.82, 2.24) is 20.2 Å². The lowest BCUT2D eigenvalue weighted by atomic mass is 10.1. The van der Waals surface area contributed by atoms with Gasteiger partial charge in [-0.2, -0.15) is 4.68 Å². The lowest BCUT2D eigenvalue weighted by Crippen LogP contribution is -2.17. The van der Waals surface area contributed by atoms with Gasteiger partial charge in [-0.15, -0.1) is 5.10 Å². The van der Waals surface area contributed by atoms with Crippen LogP contribution >= 0.6 is 0 Å². The van der Waals surface area contributed by atoms with Crippen LogP contribution < -0.4 is 10.5 Å². The summed E-state index contributed by atoms with van der Waals surface area (Å²) in [5.41, 5.74) is 6.73. The molecular formula is C11H14N6O. The predicted molar refractivity (Wildman–Crippen MR) is 65.9 cm³/mol. The van der Waals surface area contributed by atoms with Crippen LogP contribution in [0.15, 0.2) is 24.5 Å². The van der Waals surface area contributed by atoms with Crippen molar-refractivity contribution in [2.45, 2.75) is 20.0 Å². The zero-order chi connectivity index (χ0) is 13.1. The first kappa shape index (κ1) is 12.0. The third-order valence-corrected chi connectivity index (χ3v) is 2.23. The van der Waals surface area contributed by atoms with Gasteiger partial charge in [0.05, 0.1) is 11.7 Å². The number of tetrazole rings is 1. The summed E-state index contributed by atoms with van der Waals surface area (Å²) in [5, 5.41) is 18.6. The standard InChI is InChI=1S/C11H14N6O/c1-7(2)18-10-8(11(12)13)4-3-5-9(10)17-6-14-15-16-17/h3-7H,1-2H3,(H3,12,13). The van der Waals surface area contributed by atoms with Crippen molar-refractivity contribution < 1.29 is 4.74 Å². The Hall–Kier alpha value is -2.44. The average Bonchev–Trinajstić information content (AvgIpc) is 2.81. The molecule has 94 valence electrons. The van der Waals surface area contributed by atoms with E-state index in [1.807, 2.05) is 13.8 Å². The van der Waals surface area contributed by atoms with Crippen LogP contribution in [0, 0.1) is 5.41 Å². The minimum absolute atomic E-state index is 0.0410. The van der Waals surface area contributed by atoms with Gasteiger partial charge in [-0.1, -0.05) is 6.07 Å². The van der Waals surface area contributed by atoms with Crippen molar-refractivity contribution in [2.75, 3.05) is 0 Å². The van der Waals surface area contributed by atoms with Gasteiger partial charge in [0.2, 0.25) is 0 Å². The molecule has 7 heteroatoms. The molecule has 0 aliphatic rings. The first-order chi connectivity index (χ1) is 8.59. The van der Waals surface area contributed by atoms with E-state index in [4.69, 9.17) is 15.9 Å². The fourth-order valence-corrected chi connectivity index (χ4v) is 1.55. The van der Waals surface area contributed by atoms with Crippen LogP contribution in [0.1, 0.15) is 19.4 Å². The first-order valence-corrected chi connectivity index (χ1v) is 5.47. The van der Waals surface area contributed by atoms with E-state index < -0.39 is 0 Å². The number of nitrogens with one attached hydrogen (secondary N) is 1. The first-order valence-electron chi connectivity index (χ1n) is 5.47. The molecule has 0 atom stereocenters. The zero-order valence-corrected chi connectivity index (χ0v) is 10.2. The summed E-state index contributed by atoms with van der Waals surface area (Å²) in [5.74, 6) is 0.452. The Balaban J connectivity index is 2.58. The number of rotatable bonds is 4. The molecule has 0 saturated carbocycles. The van der Waals surface area contributed by atoms with Crippen LogP contribution in [0.5, 0.6) is 5.75 Å². The van der Waals surface area contributed by atoms with E-state index in [1.165, 1.54) is 11.0 Å². The summed E-state index contributed by atoms with van der Waals surface area (Å²) in [6.45, 7) is 3.81. The molecular weight excluding hydrogens is 232 g/mol. The summed E-state index contributed by atoms with van der Waals surface area (Å²) >= 11 is 0. The second-order valence-electron chi connectivity index (χ2n) is 3.99. The fraction of sp³-hybridized carbons (Fsp3) is 0.273. The highest BCUT2D eigenvalue weighted by Crippen LogP contribution is 2.27. The molecule has 0 spiro atoms. The summed E-state index contributed by atoms with van der Waals surface area (Å²) in [7, 11) is 0. The minimum Gasteiger partial charge on any atom is -0.488 e. The fourth-order valence-electron chi connectivity index (χ4n) is 1.55. The number of benzene rings is 1. The maximum absolute atomic E-state index is 7.58. The second-order valence-corrected chi connectivity index (χ2v) is 3.99. The molecule has 0 radical (unpaired) electrons. The molecule has 0 amide bonds. The average molecular weight is 246 g/mol. The molecule has 0 aliphatic carbocycles. The van der Waals surface area contributed by atoms with Gasteiger partial charge >= 0.3 is 0 Å². The van der Waals surface area contributed by atoms with E-state index in [2.05, 4.69) is 15.5 Å². The van der Waals surface area contributed by atoms with Gasteiger partial charge in [0.25, 0.3) is 0 Å². The normalized spacial score (nSPS) is 10.6. The smallest absolute Gasteiger partial charge is 0.156 e. The highest BCUT2D eigenvalue weighted by molar-refractivity contribution is 5.98. The van der Waals surface area contributed by atoms with Gasteiger partial charge in [-0.3, -0.25) is 5.41 Å². The Morgan fingerprint density at radius 1 is 1.44 bits per heavy atom. The molecule has 0 fully saturated rings. The van der Waals surface area contributed by atoms with E-state index in [1.54, 1.807) is 18.2 Å². The Kier molecular flexibility index (Phi) is 3.22. The summed E-state index contributed by atoms with van der Waals surface area (Å²) in [4.78, 5) is 0. The molecule has 7 nitrogen and oxygen atoms in total. The molecule has 1 heterocycles. The van der Waals surface area contributed by atoms with Crippen molar-refractivity contribution in [2.24, 2.45) is 5.73 Å². The van der Waals surface area contributed by atoms with E-state index in [0.717, 1.165) is 0 Å². The molecule has 0 unspecified atom stereocenters. The van der Waals surface area contributed by atoms with Crippen molar-refractivity contribution in [1.29, 1.82) is 5.41 Å². The lowest BCUT2D eigenvalue weighted by Gasteiger charge is -2.16. The number of para-hydroxylation sites is 1. The van der Waals surface area contributed by atoms with E-state index in [9.17, 15) is 0 Å². The van der Waals surface area contributed by atoms with E-state index >= 15 is 0 Å². The van der Waals surface area contributed by atoms with Gasteiger partial charge in [0.1, 0.15) is 17.9 Å². The molecule has 1 aromatic carbocycles. The third-order valence-electron chi connectivity index (χ3n) is 2.23. The number of nitrogens with zero attached hydrogens (tertiary/aromatic N) is 4. The Morgan fingerprint density at radius 2 is 2.22 bits per heavy atom. The van der Waals surface area contributed by atoms with Gasteiger partial charge in [-0.05, 0) is 36.4 Å². The van der Waals surface area contributed by atoms with E-state index in [-0.39, 0.29) is 11.9 Å². The molecule has 1 aromatic heterocycles. The number of nitrogen functional groups attached to an aromatic ring is 1. The Bertz CT molecular complexity index is 549. The second kappa shape index (κ2) is 4.82. The van der Waals surface area contributed by atoms with Crippen LogP contribution in [-0.2, 0) is 0 Å². The molecule has 0 bridgehead atoms. The van der Waals surface area contributed by atoms with Crippen LogP contribution in [-0.4, -0.2) is 32.1 Å². The summed E-state index contributed by atoms with van der Waals surface area (Å²) < 4.78 is 7.20. The van der Waals surface area contributed by atoms with Crippen molar-refractivity contribution in [3.8, 4) is 11.4 Å². The van der Waals surface area contributed by atoms with Crippen molar-refractivity contribution in [3.63, 3.8) is 0 Å². The third kappa shape index (κ3) is 2.29. The van der Waals surface area contributed by atoms with Crippen molar-refractivity contribution >= 4 is 5.84 Å². The number of nitrogens with two attached hydrogens (primary N) is 1. The van der Waals surface area contributed by atoms with Crippen molar-refractivity contribution in [3.05, 3.63) is 30.1 Å². The number of hydrogen-bond acceptors (Lipinski definition) is 5. The lowest BCUT2D eigenvalue weighted by molar-refractivity contribution is 0.241. The molecule has 3 N–H and O–H groups in total. The number of hydrogen-bond donors (Lipinski definition) is 2. The molecule has 0 saturated heterocycles. The highest BCUT2D eigenvalue weighted by Gasteiger charge is 2.15. The zero-order valence-electron chi connectivity index (χ0n) is 10.2. The molecule has 2 aromatic rings. The molecule has 18 heavy (non-hydrogen) atoms. The SMILES string of the molecule is CC(C)Oc1c(C(=N)N)cccc1-n1cnnn1. The number of aromatic nitrogens is 4. The largest absolute Gasteiger partial charge is 0.488 e. The minimum atomic E-state index is -0.0550. The molecule has 2 rings (SSSR count). The summed E-state index contributed by atoms with van der Waals surface area (Å²) in [6.07, 6.45) is 1.42. The number of ether oxygens (including phenoxy) is 1. The van der Waals surface area contributed by atoms with Crippen LogP contribution in [0.25, 0.3) is 5.69 Å². The monoisotopic (exact) mass is 246 g/mol. The van der Waals surface area contributed by atoms with Crippen LogP contribution in [0.3, 0.4) is 0 Å². The maximum Gasteiger partial charge on any atom is 0.156 e. The quantitative estimate of drug-likeness (QED) is 0.611. The number of amidine groups is 1. The van der Waals surface area contributed by atoms with E-state index in [0.29, 0.717) is 17.0 Å².